The molecule has 1 aromatic heterocycles. The van der Waals surface area contributed by atoms with Gasteiger partial charge in [0.25, 0.3) is 5.91 Å². The molecule has 32 heavy (non-hydrogen) atoms. The summed E-state index contributed by atoms with van der Waals surface area (Å²) in [6, 6.07) is 15.8. The van der Waals surface area contributed by atoms with Crippen molar-refractivity contribution in [2.75, 3.05) is 37.8 Å². The van der Waals surface area contributed by atoms with Crippen molar-refractivity contribution in [3.8, 4) is 11.5 Å². The van der Waals surface area contributed by atoms with Gasteiger partial charge in [-0.05, 0) is 49.2 Å². The number of rotatable bonds is 6. The molecule has 2 aliphatic rings. The lowest BCUT2D eigenvalue weighted by Gasteiger charge is -2.23. The van der Waals surface area contributed by atoms with E-state index in [0.717, 1.165) is 36.5 Å². The van der Waals surface area contributed by atoms with Gasteiger partial charge in [-0.3, -0.25) is 4.79 Å². The number of oxazole rings is 1. The van der Waals surface area contributed by atoms with E-state index >= 15 is 0 Å². The molecule has 7 heteroatoms. The number of hydrogen-bond acceptors (Lipinski definition) is 6. The molecule has 2 aromatic carbocycles. The van der Waals surface area contributed by atoms with Crippen molar-refractivity contribution in [3.63, 3.8) is 0 Å². The van der Waals surface area contributed by atoms with E-state index in [1.54, 1.807) is 12.1 Å². The van der Waals surface area contributed by atoms with E-state index in [2.05, 4.69) is 34.5 Å². The van der Waals surface area contributed by atoms with E-state index in [1.165, 1.54) is 11.3 Å². The summed E-state index contributed by atoms with van der Waals surface area (Å²) in [6.45, 7) is 5.78. The predicted molar refractivity (Wildman–Crippen MR) is 121 cm³/mol. The highest BCUT2D eigenvalue weighted by Gasteiger charge is 2.22. The van der Waals surface area contributed by atoms with Crippen LogP contribution in [0.4, 0.5) is 5.69 Å². The Morgan fingerprint density at radius 2 is 2.00 bits per heavy atom. The second kappa shape index (κ2) is 9.14. The van der Waals surface area contributed by atoms with Crippen LogP contribution < -0.4 is 10.2 Å². The Balaban J connectivity index is 1.23. The minimum atomic E-state index is -0.136. The molecule has 5 rings (SSSR count). The third kappa shape index (κ3) is 4.40. The number of carbonyl (C=O) groups is 1. The molecular weight excluding hydrogens is 406 g/mol. The molecule has 3 heterocycles. The highest BCUT2D eigenvalue weighted by atomic mass is 16.6. The number of nitrogens with zero attached hydrogens (tertiary/aromatic N) is 2. The summed E-state index contributed by atoms with van der Waals surface area (Å²) in [7, 11) is 0. The van der Waals surface area contributed by atoms with Gasteiger partial charge in [-0.2, -0.15) is 0 Å². The van der Waals surface area contributed by atoms with Gasteiger partial charge in [0, 0.05) is 29.9 Å². The lowest BCUT2D eigenvalue weighted by Crippen LogP contribution is -2.39. The smallest absolute Gasteiger partial charge is 0.251 e. The average Bonchev–Trinajstić information content (AvgIpc) is 3.42. The van der Waals surface area contributed by atoms with Crippen molar-refractivity contribution in [3.05, 3.63) is 71.1 Å². The van der Waals surface area contributed by atoms with Crippen LogP contribution in [-0.4, -0.2) is 49.9 Å². The van der Waals surface area contributed by atoms with E-state index in [0.29, 0.717) is 37.8 Å². The third-order valence-electron chi connectivity index (χ3n) is 5.99. The zero-order chi connectivity index (χ0) is 21.9. The van der Waals surface area contributed by atoms with E-state index < -0.39 is 0 Å². The summed E-state index contributed by atoms with van der Waals surface area (Å²) in [5, 5.41) is 2.90. The van der Waals surface area contributed by atoms with Gasteiger partial charge in [0.05, 0.1) is 32.5 Å². The maximum absolute atomic E-state index is 12.4. The fraction of sp³-hybridized carbons (Fsp3) is 0.360. The fourth-order valence-electron chi connectivity index (χ4n) is 4.18. The van der Waals surface area contributed by atoms with Crippen molar-refractivity contribution in [1.82, 2.24) is 10.3 Å². The Bertz CT molecular complexity index is 1090. The Labute approximate surface area is 187 Å². The summed E-state index contributed by atoms with van der Waals surface area (Å²) in [4.78, 5) is 19.5. The Morgan fingerprint density at radius 1 is 1.16 bits per heavy atom. The van der Waals surface area contributed by atoms with Crippen LogP contribution in [0.1, 0.15) is 27.4 Å². The summed E-state index contributed by atoms with van der Waals surface area (Å²) in [5.74, 6) is 1.26. The summed E-state index contributed by atoms with van der Waals surface area (Å²) < 4.78 is 16.9. The van der Waals surface area contributed by atoms with Crippen molar-refractivity contribution < 1.29 is 18.7 Å². The monoisotopic (exact) mass is 433 g/mol. The summed E-state index contributed by atoms with van der Waals surface area (Å²) >= 11 is 0. The minimum Gasteiger partial charge on any atom is -0.441 e. The van der Waals surface area contributed by atoms with Crippen LogP contribution in [-0.2, 0) is 22.4 Å². The van der Waals surface area contributed by atoms with Gasteiger partial charge in [-0.1, -0.05) is 18.2 Å². The van der Waals surface area contributed by atoms with E-state index in [4.69, 9.17) is 18.9 Å². The molecule has 0 saturated carbocycles. The van der Waals surface area contributed by atoms with Crippen LogP contribution in [0.2, 0.25) is 0 Å². The molecule has 1 atom stereocenters. The molecule has 1 saturated heterocycles. The van der Waals surface area contributed by atoms with Gasteiger partial charge >= 0.3 is 0 Å². The van der Waals surface area contributed by atoms with E-state index in [-0.39, 0.29) is 12.0 Å². The van der Waals surface area contributed by atoms with Crippen LogP contribution in [0.3, 0.4) is 0 Å². The second-order valence-electron chi connectivity index (χ2n) is 8.18. The molecule has 0 unspecified atom stereocenters. The van der Waals surface area contributed by atoms with Crippen molar-refractivity contribution in [2.45, 2.75) is 26.0 Å². The van der Waals surface area contributed by atoms with Crippen LogP contribution in [0, 0.1) is 6.92 Å². The van der Waals surface area contributed by atoms with Crippen LogP contribution >= 0.6 is 0 Å². The number of hydrogen-bond donors (Lipinski definition) is 1. The molecule has 0 bridgehead atoms. The molecular formula is C25H27N3O4. The van der Waals surface area contributed by atoms with E-state index in [9.17, 15) is 4.79 Å². The Morgan fingerprint density at radius 3 is 2.81 bits per heavy atom. The second-order valence-corrected chi connectivity index (χ2v) is 8.18. The quantitative estimate of drug-likeness (QED) is 0.642. The number of para-hydroxylation sites is 1. The molecule has 1 N–H and O–H groups in total. The normalized spacial score (nSPS) is 17.9. The third-order valence-corrected chi connectivity index (χ3v) is 5.99. The number of amides is 1. The first kappa shape index (κ1) is 20.7. The standard InChI is InChI=1S/C25H27N3O4/c1-17-22(15-28-11-10-18-4-2-3-5-23(18)28)27-25(32-17)20-8-6-19(7-9-20)24(29)26-14-21-16-30-12-13-31-21/h2-9,21H,10-16H2,1H3,(H,26,29)/t21-/m1/s1. The summed E-state index contributed by atoms with van der Waals surface area (Å²) in [6.07, 6.45) is 0.965. The molecule has 3 aromatic rings. The highest BCUT2D eigenvalue weighted by Crippen LogP contribution is 2.30. The number of fused-ring (bicyclic) bond motifs is 1. The minimum absolute atomic E-state index is 0.0942. The number of anilines is 1. The maximum atomic E-state index is 12.4. The van der Waals surface area contributed by atoms with Gasteiger partial charge in [0.2, 0.25) is 5.89 Å². The molecule has 2 aliphatic heterocycles. The molecule has 1 amide bonds. The molecule has 0 radical (unpaired) electrons. The molecule has 1 fully saturated rings. The predicted octanol–water partition coefficient (Wildman–Crippen LogP) is 3.36. The number of carbonyl (C=O) groups excluding carboxylic acids is 1. The van der Waals surface area contributed by atoms with Gasteiger partial charge in [0.15, 0.2) is 0 Å². The van der Waals surface area contributed by atoms with E-state index in [1.807, 2.05) is 19.1 Å². The van der Waals surface area contributed by atoms with Crippen molar-refractivity contribution in [2.24, 2.45) is 0 Å². The molecule has 0 spiro atoms. The van der Waals surface area contributed by atoms with Gasteiger partial charge in [-0.25, -0.2) is 4.98 Å². The van der Waals surface area contributed by atoms with Crippen LogP contribution in [0.15, 0.2) is 52.9 Å². The highest BCUT2D eigenvalue weighted by molar-refractivity contribution is 5.94. The van der Waals surface area contributed by atoms with Crippen molar-refractivity contribution in [1.29, 1.82) is 0 Å². The first-order valence-corrected chi connectivity index (χ1v) is 11.0. The lowest BCUT2D eigenvalue weighted by atomic mass is 10.1. The SMILES string of the molecule is Cc1oc(-c2ccc(C(=O)NC[C@@H]3COCCO3)cc2)nc1CN1CCc2ccccc21. The maximum Gasteiger partial charge on any atom is 0.251 e. The first-order valence-electron chi connectivity index (χ1n) is 11.0. The summed E-state index contributed by atoms with van der Waals surface area (Å²) in [5.41, 5.74) is 5.03. The topological polar surface area (TPSA) is 76.8 Å². The van der Waals surface area contributed by atoms with Gasteiger partial charge < -0.3 is 24.1 Å². The zero-order valence-corrected chi connectivity index (χ0v) is 18.2. The van der Waals surface area contributed by atoms with Gasteiger partial charge in [0.1, 0.15) is 11.5 Å². The largest absolute Gasteiger partial charge is 0.441 e. The number of aryl methyl sites for hydroxylation is 1. The number of benzene rings is 2. The van der Waals surface area contributed by atoms with Crippen LogP contribution in [0.5, 0.6) is 0 Å². The number of ether oxygens (including phenoxy) is 2. The lowest BCUT2D eigenvalue weighted by molar-refractivity contribution is -0.0855. The Kier molecular flexibility index (Phi) is 5.92. The van der Waals surface area contributed by atoms with Gasteiger partial charge in [-0.15, -0.1) is 0 Å². The zero-order valence-electron chi connectivity index (χ0n) is 18.2. The van der Waals surface area contributed by atoms with Crippen LogP contribution in [0.25, 0.3) is 11.5 Å². The number of nitrogens with one attached hydrogen (secondary N) is 1. The van der Waals surface area contributed by atoms with Crippen molar-refractivity contribution >= 4 is 11.6 Å². The molecule has 0 aliphatic carbocycles. The Hall–Kier alpha value is -3.16. The first-order chi connectivity index (χ1) is 15.7. The fourth-order valence-corrected chi connectivity index (χ4v) is 4.18. The molecule has 166 valence electrons. The average molecular weight is 434 g/mol. The molecule has 7 nitrogen and oxygen atoms in total. The number of aromatic nitrogens is 1.